The van der Waals surface area contributed by atoms with Crippen LogP contribution in [-0.4, -0.2) is 38.3 Å². The first-order valence-electron chi connectivity index (χ1n) is 8.47. The zero-order valence-electron chi connectivity index (χ0n) is 14.9. The summed E-state index contributed by atoms with van der Waals surface area (Å²) in [6.45, 7) is 6.17. The molecule has 132 valence electrons. The zero-order chi connectivity index (χ0) is 18.3. The highest BCUT2D eigenvalue weighted by atomic mass is 16.5. The van der Waals surface area contributed by atoms with Crippen molar-refractivity contribution in [3.05, 3.63) is 59.8 Å². The average Bonchev–Trinajstić information content (AvgIpc) is 2.98. The van der Waals surface area contributed by atoms with Gasteiger partial charge in [0.2, 0.25) is 5.88 Å². The Hall–Kier alpha value is -3.22. The van der Waals surface area contributed by atoms with Crippen molar-refractivity contribution in [2.75, 3.05) is 11.4 Å². The van der Waals surface area contributed by atoms with Gasteiger partial charge in [-0.3, -0.25) is 9.69 Å². The Balaban J connectivity index is 1.64. The second kappa shape index (κ2) is 6.25. The second-order valence-corrected chi connectivity index (χ2v) is 6.34. The summed E-state index contributed by atoms with van der Waals surface area (Å²) in [5, 5.41) is 4.37. The number of carbonyl (C=O) groups excluding carboxylic acids is 1. The van der Waals surface area contributed by atoms with Crippen molar-refractivity contribution in [2.45, 2.75) is 26.9 Å². The SMILES string of the molecule is Cc1nc(C)n(-c2ccc(C(=O)N3CC(C)Oc4ncccc43)cc2)n1. The van der Waals surface area contributed by atoms with E-state index in [0.29, 0.717) is 29.5 Å². The highest BCUT2D eigenvalue weighted by molar-refractivity contribution is 6.07. The fourth-order valence-corrected chi connectivity index (χ4v) is 3.12. The minimum absolute atomic E-state index is 0.0764. The molecule has 1 amide bonds. The van der Waals surface area contributed by atoms with E-state index in [2.05, 4.69) is 15.1 Å². The molecule has 3 aromatic rings. The van der Waals surface area contributed by atoms with Crippen LogP contribution in [0.4, 0.5) is 5.69 Å². The first-order valence-corrected chi connectivity index (χ1v) is 8.47. The van der Waals surface area contributed by atoms with Crippen LogP contribution in [0, 0.1) is 13.8 Å². The third-order valence-electron chi connectivity index (χ3n) is 4.27. The topological polar surface area (TPSA) is 73.1 Å². The largest absolute Gasteiger partial charge is 0.471 e. The van der Waals surface area contributed by atoms with Gasteiger partial charge in [0.15, 0.2) is 0 Å². The van der Waals surface area contributed by atoms with Crippen molar-refractivity contribution in [3.8, 4) is 11.6 Å². The quantitative estimate of drug-likeness (QED) is 0.711. The number of benzene rings is 1. The lowest BCUT2D eigenvalue weighted by atomic mass is 10.1. The second-order valence-electron chi connectivity index (χ2n) is 6.34. The summed E-state index contributed by atoms with van der Waals surface area (Å²) in [7, 11) is 0. The number of carbonyl (C=O) groups is 1. The molecule has 0 saturated heterocycles. The molecule has 7 nitrogen and oxygen atoms in total. The maximum atomic E-state index is 13.0. The van der Waals surface area contributed by atoms with Gasteiger partial charge < -0.3 is 4.74 Å². The van der Waals surface area contributed by atoms with Crippen LogP contribution in [0.2, 0.25) is 0 Å². The van der Waals surface area contributed by atoms with E-state index in [1.807, 2.05) is 51.1 Å². The number of ether oxygens (including phenoxy) is 1. The van der Waals surface area contributed by atoms with E-state index in [1.165, 1.54) is 0 Å². The minimum atomic E-state index is -0.110. The maximum Gasteiger partial charge on any atom is 0.258 e. The summed E-state index contributed by atoms with van der Waals surface area (Å²) in [5.41, 5.74) is 2.17. The van der Waals surface area contributed by atoms with Crippen molar-refractivity contribution < 1.29 is 9.53 Å². The smallest absolute Gasteiger partial charge is 0.258 e. The minimum Gasteiger partial charge on any atom is -0.471 e. The van der Waals surface area contributed by atoms with Crippen molar-refractivity contribution in [2.24, 2.45) is 0 Å². The van der Waals surface area contributed by atoms with Crippen LogP contribution >= 0.6 is 0 Å². The summed E-state index contributed by atoms with van der Waals surface area (Å²) in [5.74, 6) is 1.94. The van der Waals surface area contributed by atoms with Gasteiger partial charge in [-0.2, -0.15) is 5.10 Å². The van der Waals surface area contributed by atoms with E-state index in [0.717, 1.165) is 11.5 Å². The maximum absolute atomic E-state index is 13.0. The fourth-order valence-electron chi connectivity index (χ4n) is 3.12. The predicted octanol–water partition coefficient (Wildman–Crippen LogP) is 2.71. The monoisotopic (exact) mass is 349 g/mol. The van der Waals surface area contributed by atoms with Crippen LogP contribution in [-0.2, 0) is 0 Å². The number of amides is 1. The number of aryl methyl sites for hydroxylation is 2. The lowest BCUT2D eigenvalue weighted by Crippen LogP contribution is -2.42. The standard InChI is InChI=1S/C19H19N5O2/c1-12-11-23(17-5-4-10-20-18(17)26-12)19(25)15-6-8-16(9-7-15)24-14(3)21-13(2)22-24/h4-10,12H,11H2,1-3H3. The number of anilines is 1. The molecule has 0 aliphatic carbocycles. The molecule has 3 heterocycles. The molecule has 1 aliphatic heterocycles. The van der Waals surface area contributed by atoms with E-state index in [1.54, 1.807) is 21.8 Å². The molecule has 1 atom stereocenters. The Kier molecular flexibility index (Phi) is 3.91. The molecule has 0 radical (unpaired) electrons. The lowest BCUT2D eigenvalue weighted by molar-refractivity contribution is 0.0958. The van der Waals surface area contributed by atoms with Crippen LogP contribution in [0.5, 0.6) is 5.88 Å². The molecule has 1 aromatic carbocycles. The highest BCUT2D eigenvalue weighted by Crippen LogP contribution is 2.31. The molecule has 1 unspecified atom stereocenters. The van der Waals surface area contributed by atoms with Gasteiger partial charge in [0.25, 0.3) is 5.91 Å². The van der Waals surface area contributed by atoms with Gasteiger partial charge in [-0.15, -0.1) is 0 Å². The normalized spacial score (nSPS) is 16.1. The van der Waals surface area contributed by atoms with Gasteiger partial charge in [-0.1, -0.05) is 0 Å². The number of hydrogen-bond acceptors (Lipinski definition) is 5. The van der Waals surface area contributed by atoms with Gasteiger partial charge in [-0.05, 0) is 57.2 Å². The number of hydrogen-bond donors (Lipinski definition) is 0. The summed E-state index contributed by atoms with van der Waals surface area (Å²) < 4.78 is 7.48. The van der Waals surface area contributed by atoms with Crippen LogP contribution in [0.25, 0.3) is 5.69 Å². The van der Waals surface area contributed by atoms with Gasteiger partial charge >= 0.3 is 0 Å². The first kappa shape index (κ1) is 16.3. The number of nitrogens with zero attached hydrogens (tertiary/aromatic N) is 5. The number of pyridine rings is 1. The number of fused-ring (bicyclic) bond motifs is 1. The van der Waals surface area contributed by atoms with Crippen LogP contribution in [0.15, 0.2) is 42.6 Å². The van der Waals surface area contributed by atoms with E-state index in [9.17, 15) is 4.79 Å². The molecule has 0 spiro atoms. The van der Waals surface area contributed by atoms with Gasteiger partial charge in [0.05, 0.1) is 12.2 Å². The van der Waals surface area contributed by atoms with E-state index >= 15 is 0 Å². The Morgan fingerprint density at radius 3 is 2.65 bits per heavy atom. The summed E-state index contributed by atoms with van der Waals surface area (Å²) in [4.78, 5) is 23.3. The first-order chi connectivity index (χ1) is 12.5. The third kappa shape index (κ3) is 2.81. The summed E-state index contributed by atoms with van der Waals surface area (Å²) in [6.07, 6.45) is 1.55. The number of aromatic nitrogens is 4. The van der Waals surface area contributed by atoms with Crippen LogP contribution in [0.3, 0.4) is 0 Å². The molecule has 7 heteroatoms. The van der Waals surface area contributed by atoms with Crippen molar-refractivity contribution in [1.29, 1.82) is 0 Å². The summed E-state index contributed by atoms with van der Waals surface area (Å²) >= 11 is 0. The molecule has 0 saturated carbocycles. The molecular formula is C19H19N5O2. The molecule has 0 N–H and O–H groups in total. The van der Waals surface area contributed by atoms with Crippen LogP contribution < -0.4 is 9.64 Å². The molecule has 1 aliphatic rings. The molecule has 4 rings (SSSR count). The average molecular weight is 349 g/mol. The fraction of sp³-hybridized carbons (Fsp3) is 0.263. The van der Waals surface area contributed by atoms with E-state index in [-0.39, 0.29) is 12.0 Å². The predicted molar refractivity (Wildman–Crippen MR) is 96.8 cm³/mol. The zero-order valence-corrected chi connectivity index (χ0v) is 14.9. The van der Waals surface area contributed by atoms with Crippen molar-refractivity contribution in [3.63, 3.8) is 0 Å². The molecule has 2 aromatic heterocycles. The Morgan fingerprint density at radius 2 is 1.96 bits per heavy atom. The van der Waals surface area contributed by atoms with Crippen molar-refractivity contribution >= 4 is 11.6 Å². The Morgan fingerprint density at radius 1 is 1.19 bits per heavy atom. The Labute approximate surface area is 151 Å². The van der Waals surface area contributed by atoms with Crippen LogP contribution in [0.1, 0.15) is 28.9 Å². The van der Waals surface area contributed by atoms with E-state index in [4.69, 9.17) is 4.74 Å². The highest BCUT2D eigenvalue weighted by Gasteiger charge is 2.29. The number of rotatable bonds is 2. The molecule has 0 bridgehead atoms. The third-order valence-corrected chi connectivity index (χ3v) is 4.27. The van der Waals surface area contributed by atoms with E-state index < -0.39 is 0 Å². The summed E-state index contributed by atoms with van der Waals surface area (Å²) in [6, 6.07) is 11.0. The molecule has 26 heavy (non-hydrogen) atoms. The van der Waals surface area contributed by atoms with Gasteiger partial charge in [0.1, 0.15) is 23.4 Å². The molecular weight excluding hydrogens is 330 g/mol. The molecule has 0 fully saturated rings. The van der Waals surface area contributed by atoms with Gasteiger partial charge in [-0.25, -0.2) is 14.6 Å². The lowest BCUT2D eigenvalue weighted by Gasteiger charge is -2.32. The van der Waals surface area contributed by atoms with Crippen molar-refractivity contribution in [1.82, 2.24) is 19.7 Å². The Bertz CT molecular complexity index is 964. The van der Waals surface area contributed by atoms with Gasteiger partial charge in [0, 0.05) is 11.8 Å².